The first-order valence-corrected chi connectivity index (χ1v) is 9.29. The number of aliphatic hydroxyl groups excluding tert-OH is 1. The Labute approximate surface area is 154 Å². The molecule has 4 nitrogen and oxygen atoms in total. The van der Waals surface area contributed by atoms with E-state index in [-0.39, 0.29) is 11.4 Å². The highest BCUT2D eigenvalue weighted by molar-refractivity contribution is 6.31. The SMILES string of the molecule is CCCC[C@H](CC)CN1C(=O)C(O)=C(C(C)=O)[C@H]1c1ccccc1Cl. The first-order valence-electron chi connectivity index (χ1n) is 8.91. The Morgan fingerprint density at radius 3 is 2.56 bits per heavy atom. The predicted octanol–water partition coefficient (Wildman–Crippen LogP) is 4.84. The lowest BCUT2D eigenvalue weighted by Crippen LogP contribution is -2.35. The third-order valence-electron chi connectivity index (χ3n) is 4.88. The van der Waals surface area contributed by atoms with Crippen molar-refractivity contribution in [1.29, 1.82) is 0 Å². The largest absolute Gasteiger partial charge is 0.503 e. The van der Waals surface area contributed by atoms with Crippen molar-refractivity contribution >= 4 is 23.3 Å². The molecule has 0 unspecified atom stereocenters. The molecule has 0 aromatic heterocycles. The summed E-state index contributed by atoms with van der Waals surface area (Å²) in [5.74, 6) is -0.902. The minimum atomic E-state index is -0.616. The molecular weight excluding hydrogens is 338 g/mol. The number of halogens is 1. The van der Waals surface area contributed by atoms with Crippen molar-refractivity contribution in [3.8, 4) is 0 Å². The molecule has 0 saturated carbocycles. The molecule has 0 spiro atoms. The smallest absolute Gasteiger partial charge is 0.290 e. The van der Waals surface area contributed by atoms with Gasteiger partial charge in [0.1, 0.15) is 0 Å². The van der Waals surface area contributed by atoms with Crippen molar-refractivity contribution in [3.63, 3.8) is 0 Å². The summed E-state index contributed by atoms with van der Waals surface area (Å²) in [6, 6.07) is 6.56. The second-order valence-electron chi connectivity index (χ2n) is 6.62. The lowest BCUT2D eigenvalue weighted by molar-refractivity contribution is -0.130. The Hall–Kier alpha value is -1.81. The van der Waals surface area contributed by atoms with Gasteiger partial charge in [-0.1, -0.05) is 62.9 Å². The monoisotopic (exact) mass is 363 g/mol. The number of unbranched alkanes of at least 4 members (excludes halogenated alkanes) is 1. The zero-order valence-corrected chi connectivity index (χ0v) is 15.8. The molecule has 1 heterocycles. The van der Waals surface area contributed by atoms with E-state index in [0.29, 0.717) is 23.0 Å². The summed E-state index contributed by atoms with van der Waals surface area (Å²) < 4.78 is 0. The fourth-order valence-electron chi connectivity index (χ4n) is 3.42. The Bertz CT molecular complexity index is 683. The molecule has 25 heavy (non-hydrogen) atoms. The molecule has 1 amide bonds. The highest BCUT2D eigenvalue weighted by Crippen LogP contribution is 2.41. The lowest BCUT2D eigenvalue weighted by Gasteiger charge is -2.30. The molecule has 0 aliphatic carbocycles. The maximum absolute atomic E-state index is 12.7. The molecule has 136 valence electrons. The fourth-order valence-corrected chi connectivity index (χ4v) is 3.66. The van der Waals surface area contributed by atoms with Gasteiger partial charge in [0.25, 0.3) is 5.91 Å². The van der Waals surface area contributed by atoms with Crippen LogP contribution in [0.1, 0.15) is 58.1 Å². The number of ketones is 1. The Balaban J connectivity index is 2.42. The third kappa shape index (κ3) is 4.06. The van der Waals surface area contributed by atoms with E-state index in [4.69, 9.17) is 11.6 Å². The number of nitrogens with zero attached hydrogens (tertiary/aromatic N) is 1. The van der Waals surface area contributed by atoms with Crippen LogP contribution in [0.2, 0.25) is 5.02 Å². The number of Topliss-reactive ketones (excluding diaryl/α,β-unsaturated/α-hetero) is 1. The van der Waals surface area contributed by atoms with Crippen LogP contribution >= 0.6 is 11.6 Å². The van der Waals surface area contributed by atoms with Gasteiger partial charge in [0.05, 0.1) is 11.6 Å². The zero-order chi connectivity index (χ0) is 18.6. The molecule has 0 bridgehead atoms. The van der Waals surface area contributed by atoms with Crippen LogP contribution in [0, 0.1) is 5.92 Å². The van der Waals surface area contributed by atoms with Gasteiger partial charge in [0.2, 0.25) is 0 Å². The minimum absolute atomic E-state index is 0.142. The zero-order valence-electron chi connectivity index (χ0n) is 15.1. The third-order valence-corrected chi connectivity index (χ3v) is 5.23. The predicted molar refractivity (Wildman–Crippen MR) is 99.5 cm³/mol. The molecule has 1 N–H and O–H groups in total. The summed E-state index contributed by atoms with van der Waals surface area (Å²) in [5.41, 5.74) is 0.820. The normalized spacial score (nSPS) is 18.8. The highest BCUT2D eigenvalue weighted by Gasteiger charge is 2.43. The summed E-state index contributed by atoms with van der Waals surface area (Å²) >= 11 is 6.34. The van der Waals surface area contributed by atoms with Crippen LogP contribution in [0.25, 0.3) is 0 Å². The lowest BCUT2D eigenvalue weighted by atomic mass is 9.94. The van der Waals surface area contributed by atoms with Gasteiger partial charge in [-0.25, -0.2) is 0 Å². The van der Waals surface area contributed by atoms with Crippen LogP contribution in [0.15, 0.2) is 35.6 Å². The van der Waals surface area contributed by atoms with Crippen LogP contribution in [-0.4, -0.2) is 28.2 Å². The Kier molecular flexibility index (Phi) is 6.65. The average molecular weight is 364 g/mol. The van der Waals surface area contributed by atoms with Gasteiger partial charge >= 0.3 is 0 Å². The maximum Gasteiger partial charge on any atom is 0.290 e. The number of hydrogen-bond donors (Lipinski definition) is 1. The molecule has 1 aliphatic heterocycles. The second kappa shape index (κ2) is 8.52. The van der Waals surface area contributed by atoms with Crippen molar-refractivity contribution in [3.05, 3.63) is 46.2 Å². The van der Waals surface area contributed by atoms with Crippen molar-refractivity contribution in [2.24, 2.45) is 5.92 Å². The van der Waals surface area contributed by atoms with Crippen LogP contribution < -0.4 is 0 Å². The molecule has 1 aromatic rings. The minimum Gasteiger partial charge on any atom is -0.503 e. The fraction of sp³-hybridized carbons (Fsp3) is 0.500. The number of amides is 1. The summed E-state index contributed by atoms with van der Waals surface area (Å²) in [4.78, 5) is 26.4. The Morgan fingerprint density at radius 2 is 2.00 bits per heavy atom. The summed E-state index contributed by atoms with van der Waals surface area (Å²) in [5, 5.41) is 10.8. The van der Waals surface area contributed by atoms with Gasteiger partial charge in [-0.3, -0.25) is 9.59 Å². The van der Waals surface area contributed by atoms with E-state index in [1.807, 2.05) is 12.1 Å². The van der Waals surface area contributed by atoms with Crippen molar-refractivity contribution < 1.29 is 14.7 Å². The van der Waals surface area contributed by atoms with E-state index >= 15 is 0 Å². The molecule has 1 aliphatic rings. The summed E-state index contributed by atoms with van der Waals surface area (Å²) in [7, 11) is 0. The van der Waals surface area contributed by atoms with Crippen LogP contribution in [0.3, 0.4) is 0 Å². The van der Waals surface area contributed by atoms with Crippen molar-refractivity contribution in [1.82, 2.24) is 4.90 Å². The van der Waals surface area contributed by atoms with Crippen molar-refractivity contribution in [2.45, 2.75) is 52.5 Å². The van der Waals surface area contributed by atoms with Gasteiger partial charge in [0, 0.05) is 11.6 Å². The molecule has 2 rings (SSSR count). The number of carbonyl (C=O) groups excluding carboxylic acids is 2. The number of aliphatic hydroxyl groups is 1. The highest BCUT2D eigenvalue weighted by atomic mass is 35.5. The van der Waals surface area contributed by atoms with E-state index < -0.39 is 17.7 Å². The standard InChI is InChI=1S/C20H26ClNO3/c1-4-6-9-14(5-2)12-22-18(15-10-7-8-11-16(15)21)17(13(3)23)19(24)20(22)25/h7-8,10-11,14,18,24H,4-6,9,12H2,1-3H3/t14-,18+/m0/s1. The number of hydrogen-bond acceptors (Lipinski definition) is 3. The van der Waals surface area contributed by atoms with E-state index in [1.54, 1.807) is 17.0 Å². The van der Waals surface area contributed by atoms with Gasteiger partial charge in [-0.15, -0.1) is 0 Å². The van der Waals surface area contributed by atoms with Gasteiger partial charge in [0.15, 0.2) is 11.5 Å². The summed E-state index contributed by atoms with van der Waals surface area (Å²) in [6.07, 6.45) is 4.15. The Morgan fingerprint density at radius 1 is 1.32 bits per heavy atom. The average Bonchev–Trinajstić information content (AvgIpc) is 2.83. The quantitative estimate of drug-likeness (QED) is 0.718. The first kappa shape index (κ1) is 19.5. The molecule has 0 fully saturated rings. The second-order valence-corrected chi connectivity index (χ2v) is 7.02. The topological polar surface area (TPSA) is 57.6 Å². The van der Waals surface area contributed by atoms with Crippen LogP contribution in [0.4, 0.5) is 0 Å². The number of rotatable bonds is 8. The van der Waals surface area contributed by atoms with Gasteiger partial charge in [-0.05, 0) is 30.9 Å². The van der Waals surface area contributed by atoms with Crippen molar-refractivity contribution in [2.75, 3.05) is 6.54 Å². The van der Waals surface area contributed by atoms with Crippen LogP contribution in [0.5, 0.6) is 0 Å². The van der Waals surface area contributed by atoms with E-state index in [2.05, 4.69) is 13.8 Å². The molecular formula is C20H26ClNO3. The van der Waals surface area contributed by atoms with Gasteiger partial charge in [-0.2, -0.15) is 0 Å². The van der Waals surface area contributed by atoms with E-state index in [9.17, 15) is 14.7 Å². The van der Waals surface area contributed by atoms with E-state index in [0.717, 1.165) is 25.7 Å². The van der Waals surface area contributed by atoms with Crippen LogP contribution in [-0.2, 0) is 9.59 Å². The maximum atomic E-state index is 12.7. The number of carbonyl (C=O) groups is 2. The summed E-state index contributed by atoms with van der Waals surface area (Å²) in [6.45, 7) is 6.12. The first-order chi connectivity index (χ1) is 11.9. The molecule has 1 aromatic carbocycles. The van der Waals surface area contributed by atoms with Gasteiger partial charge < -0.3 is 10.0 Å². The molecule has 0 radical (unpaired) electrons. The molecule has 2 atom stereocenters. The number of benzene rings is 1. The van der Waals surface area contributed by atoms with E-state index in [1.165, 1.54) is 6.92 Å². The molecule has 0 saturated heterocycles. The molecule has 5 heteroatoms.